The van der Waals surface area contributed by atoms with E-state index in [1.165, 1.54) is 18.3 Å². The van der Waals surface area contributed by atoms with Gasteiger partial charge >= 0.3 is 12.3 Å². The molecule has 0 fully saturated rings. The monoisotopic (exact) mass is 336 g/mol. The third-order valence-corrected chi connectivity index (χ3v) is 3.40. The molecule has 0 aliphatic heterocycles. The Hall–Kier alpha value is -1.80. The summed E-state index contributed by atoms with van der Waals surface area (Å²) < 4.78 is 42.7. The van der Waals surface area contributed by atoms with Gasteiger partial charge in [0.05, 0.1) is 10.4 Å². The number of nitrogens with zero attached hydrogens (tertiary/aromatic N) is 1. The Morgan fingerprint density at radius 2 is 2.19 bits per heavy atom. The molecule has 21 heavy (non-hydrogen) atoms. The Bertz CT molecular complexity index is 645. The fraction of sp³-hybridized carbons (Fsp3) is 0.167. The van der Waals surface area contributed by atoms with Gasteiger partial charge in [-0.1, -0.05) is 17.7 Å². The summed E-state index contributed by atoms with van der Waals surface area (Å²) in [4.78, 5) is 15.9. The molecule has 1 N–H and O–H groups in total. The van der Waals surface area contributed by atoms with Gasteiger partial charge in [0.25, 0.3) is 0 Å². The SMILES string of the molecule is O=C(Nc1cccc(C(F)(F)F)c1)OCc1cnc(Cl)s1. The number of alkyl halides is 3. The molecule has 0 spiro atoms. The van der Waals surface area contributed by atoms with Gasteiger partial charge in [0, 0.05) is 11.9 Å². The minimum Gasteiger partial charge on any atom is -0.444 e. The van der Waals surface area contributed by atoms with Crippen LogP contribution in [0.4, 0.5) is 23.7 Å². The Morgan fingerprint density at radius 1 is 1.43 bits per heavy atom. The van der Waals surface area contributed by atoms with Crippen LogP contribution in [0.25, 0.3) is 0 Å². The normalized spacial score (nSPS) is 11.2. The minimum absolute atomic E-state index is 0.00263. The maximum Gasteiger partial charge on any atom is 0.416 e. The zero-order chi connectivity index (χ0) is 15.5. The van der Waals surface area contributed by atoms with Crippen molar-refractivity contribution in [3.05, 3.63) is 45.4 Å². The van der Waals surface area contributed by atoms with Crippen LogP contribution in [0.5, 0.6) is 0 Å². The number of carbonyl (C=O) groups is 1. The molecule has 0 aliphatic rings. The standard InChI is InChI=1S/C12H8ClF3N2O2S/c13-10-17-5-9(21-10)6-20-11(19)18-8-3-1-2-7(4-8)12(14,15)16/h1-5H,6H2,(H,18,19). The number of rotatable bonds is 3. The van der Waals surface area contributed by atoms with Crippen molar-refractivity contribution in [3.8, 4) is 0 Å². The Labute approximate surface area is 126 Å². The fourth-order valence-corrected chi connectivity index (χ4v) is 2.31. The van der Waals surface area contributed by atoms with E-state index >= 15 is 0 Å². The van der Waals surface area contributed by atoms with Crippen molar-refractivity contribution >= 4 is 34.7 Å². The van der Waals surface area contributed by atoms with E-state index in [1.807, 2.05) is 0 Å². The van der Waals surface area contributed by atoms with E-state index in [0.29, 0.717) is 9.34 Å². The number of hydrogen-bond acceptors (Lipinski definition) is 4. The van der Waals surface area contributed by atoms with E-state index in [9.17, 15) is 18.0 Å². The molecule has 9 heteroatoms. The highest BCUT2D eigenvalue weighted by molar-refractivity contribution is 7.15. The second-order valence-electron chi connectivity index (χ2n) is 3.86. The second-order valence-corrected chi connectivity index (χ2v) is 5.56. The van der Waals surface area contributed by atoms with Crippen LogP contribution in [0.3, 0.4) is 0 Å². The van der Waals surface area contributed by atoms with Crippen molar-refractivity contribution < 1.29 is 22.7 Å². The van der Waals surface area contributed by atoms with Gasteiger partial charge in [-0.25, -0.2) is 9.78 Å². The van der Waals surface area contributed by atoms with Crippen LogP contribution in [0.1, 0.15) is 10.4 Å². The fourth-order valence-electron chi connectivity index (χ4n) is 1.41. The third kappa shape index (κ3) is 4.61. The van der Waals surface area contributed by atoms with Gasteiger partial charge in [0.2, 0.25) is 0 Å². The summed E-state index contributed by atoms with van der Waals surface area (Å²) in [7, 11) is 0. The zero-order valence-electron chi connectivity index (χ0n) is 10.3. The summed E-state index contributed by atoms with van der Waals surface area (Å²) in [6.07, 6.45) is -3.88. The molecule has 4 nitrogen and oxygen atoms in total. The molecular weight excluding hydrogens is 329 g/mol. The number of nitrogens with one attached hydrogen (secondary N) is 1. The van der Waals surface area contributed by atoms with E-state index in [2.05, 4.69) is 10.3 Å². The predicted octanol–water partition coefficient (Wildman–Crippen LogP) is 4.56. The number of amides is 1. The van der Waals surface area contributed by atoms with Crippen molar-refractivity contribution in [2.75, 3.05) is 5.32 Å². The molecule has 0 unspecified atom stereocenters. The molecule has 0 aliphatic carbocycles. The maximum absolute atomic E-state index is 12.5. The summed E-state index contributed by atoms with van der Waals surface area (Å²) in [5.74, 6) is 0. The van der Waals surface area contributed by atoms with Crippen LogP contribution in [0.15, 0.2) is 30.5 Å². The molecule has 1 aromatic heterocycles. The van der Waals surface area contributed by atoms with Crippen molar-refractivity contribution in [3.63, 3.8) is 0 Å². The minimum atomic E-state index is -4.47. The molecule has 0 radical (unpaired) electrons. The average Bonchev–Trinajstić information content (AvgIpc) is 2.82. The number of hydrogen-bond donors (Lipinski definition) is 1. The van der Waals surface area contributed by atoms with E-state index in [0.717, 1.165) is 23.5 Å². The summed E-state index contributed by atoms with van der Waals surface area (Å²) in [6.45, 7) is -0.0603. The highest BCUT2D eigenvalue weighted by Crippen LogP contribution is 2.30. The smallest absolute Gasteiger partial charge is 0.416 e. The Kier molecular flexibility index (Phi) is 4.69. The number of aromatic nitrogens is 1. The van der Waals surface area contributed by atoms with Crippen molar-refractivity contribution in [2.24, 2.45) is 0 Å². The van der Waals surface area contributed by atoms with Crippen molar-refractivity contribution in [1.82, 2.24) is 4.98 Å². The van der Waals surface area contributed by atoms with Crippen LogP contribution >= 0.6 is 22.9 Å². The van der Waals surface area contributed by atoms with Gasteiger partial charge in [-0.2, -0.15) is 13.2 Å². The van der Waals surface area contributed by atoms with Gasteiger partial charge in [0.1, 0.15) is 6.61 Å². The summed E-state index contributed by atoms with van der Waals surface area (Å²) in [5.41, 5.74) is -0.855. The van der Waals surface area contributed by atoms with Gasteiger partial charge in [-0.15, -0.1) is 11.3 Å². The van der Waals surface area contributed by atoms with Crippen LogP contribution in [-0.2, 0) is 17.5 Å². The Balaban J connectivity index is 1.93. The number of halogens is 4. The molecular formula is C12H8ClF3N2O2S. The van der Waals surface area contributed by atoms with Crippen LogP contribution < -0.4 is 5.32 Å². The topological polar surface area (TPSA) is 51.2 Å². The predicted molar refractivity (Wildman–Crippen MR) is 72.4 cm³/mol. The number of carbonyl (C=O) groups excluding carboxylic acids is 1. The molecule has 0 bridgehead atoms. The first kappa shape index (κ1) is 15.6. The van der Waals surface area contributed by atoms with Gasteiger partial charge in [-0.05, 0) is 18.2 Å². The Morgan fingerprint density at radius 3 is 2.81 bits per heavy atom. The number of ether oxygens (including phenoxy) is 1. The molecule has 0 saturated heterocycles. The summed E-state index contributed by atoms with van der Waals surface area (Å²) in [6, 6.07) is 4.27. The largest absolute Gasteiger partial charge is 0.444 e. The molecule has 2 rings (SSSR count). The second kappa shape index (κ2) is 6.31. The third-order valence-electron chi connectivity index (χ3n) is 2.31. The van der Waals surface area contributed by atoms with Crippen LogP contribution in [0, 0.1) is 0 Å². The van der Waals surface area contributed by atoms with E-state index in [1.54, 1.807) is 0 Å². The van der Waals surface area contributed by atoms with Gasteiger partial charge < -0.3 is 4.74 Å². The van der Waals surface area contributed by atoms with Crippen molar-refractivity contribution in [2.45, 2.75) is 12.8 Å². The lowest BCUT2D eigenvalue weighted by molar-refractivity contribution is -0.137. The maximum atomic E-state index is 12.5. The first-order valence-electron chi connectivity index (χ1n) is 5.56. The van der Waals surface area contributed by atoms with Crippen LogP contribution in [-0.4, -0.2) is 11.1 Å². The first-order valence-corrected chi connectivity index (χ1v) is 6.75. The molecule has 2 aromatic rings. The van der Waals surface area contributed by atoms with Gasteiger partial charge in [-0.3, -0.25) is 5.32 Å². The molecule has 0 atom stereocenters. The highest BCUT2D eigenvalue weighted by atomic mass is 35.5. The van der Waals surface area contributed by atoms with Crippen LogP contribution in [0.2, 0.25) is 4.47 Å². The molecule has 0 saturated carbocycles. The molecule has 1 amide bonds. The average molecular weight is 337 g/mol. The lowest BCUT2D eigenvalue weighted by Crippen LogP contribution is -2.14. The lowest BCUT2D eigenvalue weighted by Gasteiger charge is -2.09. The summed E-state index contributed by atoms with van der Waals surface area (Å²) >= 11 is 6.75. The number of thiazole rings is 1. The molecule has 1 heterocycles. The quantitative estimate of drug-likeness (QED) is 0.893. The lowest BCUT2D eigenvalue weighted by atomic mass is 10.2. The first-order chi connectivity index (χ1) is 9.84. The van der Waals surface area contributed by atoms with Gasteiger partial charge in [0.15, 0.2) is 4.47 Å². The van der Waals surface area contributed by atoms with E-state index in [-0.39, 0.29) is 12.3 Å². The number of anilines is 1. The van der Waals surface area contributed by atoms with E-state index < -0.39 is 17.8 Å². The van der Waals surface area contributed by atoms with E-state index in [4.69, 9.17) is 16.3 Å². The molecule has 1 aromatic carbocycles. The highest BCUT2D eigenvalue weighted by Gasteiger charge is 2.30. The van der Waals surface area contributed by atoms with Crippen molar-refractivity contribution in [1.29, 1.82) is 0 Å². The molecule has 112 valence electrons. The summed E-state index contributed by atoms with van der Waals surface area (Å²) in [5, 5.41) is 2.22. The number of benzene rings is 1. The zero-order valence-corrected chi connectivity index (χ0v) is 11.9.